The number of pyridine rings is 1. The van der Waals surface area contributed by atoms with E-state index >= 15 is 0 Å². The normalized spacial score (nSPS) is 15.3. The number of hydrogen-bond donors (Lipinski definition) is 2. The van der Waals surface area contributed by atoms with Gasteiger partial charge in [0.05, 0.1) is 6.20 Å². The van der Waals surface area contributed by atoms with E-state index in [1.807, 2.05) is 0 Å². The fourth-order valence-electron chi connectivity index (χ4n) is 2.96. The lowest BCUT2D eigenvalue weighted by atomic mass is 9.93. The molecular formula is C18H20FN3O2. The number of benzene rings is 1. The van der Waals surface area contributed by atoms with Gasteiger partial charge in [-0.15, -0.1) is 0 Å². The molecule has 3 rings (SSSR count). The van der Waals surface area contributed by atoms with E-state index in [0.717, 1.165) is 31.6 Å². The lowest BCUT2D eigenvalue weighted by Gasteiger charge is -2.33. The van der Waals surface area contributed by atoms with Gasteiger partial charge in [0.15, 0.2) is 0 Å². The van der Waals surface area contributed by atoms with Crippen molar-refractivity contribution in [3.05, 3.63) is 48.4 Å². The third-order valence-corrected chi connectivity index (χ3v) is 4.30. The highest BCUT2D eigenvalue weighted by molar-refractivity contribution is 5.89. The smallest absolute Gasteiger partial charge is 0.225 e. The molecular weight excluding hydrogens is 309 g/mol. The highest BCUT2D eigenvalue weighted by Gasteiger charge is 2.22. The molecule has 0 aliphatic carbocycles. The van der Waals surface area contributed by atoms with Crippen LogP contribution >= 0.6 is 0 Å². The molecule has 126 valence electrons. The second-order valence-electron chi connectivity index (χ2n) is 6.06. The molecule has 1 aliphatic rings. The van der Waals surface area contributed by atoms with E-state index in [9.17, 15) is 14.3 Å². The van der Waals surface area contributed by atoms with Crippen molar-refractivity contribution >= 4 is 17.4 Å². The van der Waals surface area contributed by atoms with Crippen LogP contribution in [-0.4, -0.2) is 29.1 Å². The number of piperidine rings is 1. The van der Waals surface area contributed by atoms with Crippen LogP contribution in [0.1, 0.15) is 19.3 Å². The summed E-state index contributed by atoms with van der Waals surface area (Å²) < 4.78 is 13.0. The van der Waals surface area contributed by atoms with Crippen LogP contribution in [0.4, 0.5) is 15.9 Å². The molecule has 2 heterocycles. The first kappa shape index (κ1) is 16.2. The standard InChI is InChI=1S/C18H20FN3O2/c19-14-1-3-15(4-2-14)22-9-7-13(8-10-22)11-18(24)21-17-6-5-16(23)12-20-17/h1-6,12-13,23H,7-11H2,(H,20,21,24). The molecule has 5 nitrogen and oxygen atoms in total. The number of carbonyl (C=O) groups is 1. The Bertz CT molecular complexity index is 680. The SMILES string of the molecule is O=C(CC1CCN(c2ccc(F)cc2)CC1)Nc1ccc(O)cn1. The molecule has 0 unspecified atom stereocenters. The van der Waals surface area contributed by atoms with Crippen LogP contribution in [0.5, 0.6) is 5.75 Å². The molecule has 0 radical (unpaired) electrons. The maximum absolute atomic E-state index is 13.0. The molecule has 0 spiro atoms. The van der Waals surface area contributed by atoms with Gasteiger partial charge in [0.2, 0.25) is 5.91 Å². The van der Waals surface area contributed by atoms with E-state index in [2.05, 4.69) is 15.2 Å². The Hall–Kier alpha value is -2.63. The molecule has 1 fully saturated rings. The largest absolute Gasteiger partial charge is 0.506 e. The summed E-state index contributed by atoms with van der Waals surface area (Å²) in [5, 5.41) is 11.9. The van der Waals surface area contributed by atoms with Crippen LogP contribution in [0, 0.1) is 11.7 Å². The predicted molar refractivity (Wildman–Crippen MR) is 90.5 cm³/mol. The number of aromatic hydroxyl groups is 1. The lowest BCUT2D eigenvalue weighted by Crippen LogP contribution is -2.34. The lowest BCUT2D eigenvalue weighted by molar-refractivity contribution is -0.117. The van der Waals surface area contributed by atoms with E-state index in [0.29, 0.717) is 18.2 Å². The van der Waals surface area contributed by atoms with E-state index in [-0.39, 0.29) is 17.5 Å². The number of amides is 1. The van der Waals surface area contributed by atoms with Gasteiger partial charge in [-0.2, -0.15) is 0 Å². The number of anilines is 2. The monoisotopic (exact) mass is 329 g/mol. The first-order valence-corrected chi connectivity index (χ1v) is 8.05. The van der Waals surface area contributed by atoms with Crippen LogP contribution in [0.25, 0.3) is 0 Å². The summed E-state index contributed by atoms with van der Waals surface area (Å²) in [5.41, 5.74) is 1.02. The van der Waals surface area contributed by atoms with Crippen LogP contribution in [0.15, 0.2) is 42.6 Å². The van der Waals surface area contributed by atoms with E-state index in [1.165, 1.54) is 24.4 Å². The molecule has 0 bridgehead atoms. The minimum atomic E-state index is -0.229. The Morgan fingerprint density at radius 3 is 2.54 bits per heavy atom. The third-order valence-electron chi connectivity index (χ3n) is 4.30. The van der Waals surface area contributed by atoms with Crippen molar-refractivity contribution in [3.63, 3.8) is 0 Å². The van der Waals surface area contributed by atoms with Crippen molar-refractivity contribution in [2.24, 2.45) is 5.92 Å². The molecule has 1 aromatic carbocycles. The van der Waals surface area contributed by atoms with E-state index < -0.39 is 0 Å². The minimum Gasteiger partial charge on any atom is -0.506 e. The number of halogens is 1. The molecule has 2 aromatic rings. The van der Waals surface area contributed by atoms with Crippen molar-refractivity contribution in [1.29, 1.82) is 0 Å². The molecule has 0 atom stereocenters. The van der Waals surface area contributed by atoms with Gasteiger partial charge in [0.1, 0.15) is 17.4 Å². The van der Waals surface area contributed by atoms with Gasteiger partial charge >= 0.3 is 0 Å². The Kier molecular flexibility index (Phi) is 4.93. The van der Waals surface area contributed by atoms with Crippen LogP contribution < -0.4 is 10.2 Å². The van der Waals surface area contributed by atoms with Crippen molar-refractivity contribution in [1.82, 2.24) is 4.98 Å². The second-order valence-corrected chi connectivity index (χ2v) is 6.06. The first-order valence-electron chi connectivity index (χ1n) is 8.05. The van der Waals surface area contributed by atoms with Gasteiger partial charge in [0.25, 0.3) is 0 Å². The average Bonchev–Trinajstić information content (AvgIpc) is 2.58. The predicted octanol–water partition coefficient (Wildman–Crippen LogP) is 3.17. The Labute approximate surface area is 140 Å². The van der Waals surface area contributed by atoms with Gasteiger partial charge in [-0.05, 0) is 55.2 Å². The van der Waals surface area contributed by atoms with Gasteiger partial charge in [-0.1, -0.05) is 0 Å². The molecule has 2 N–H and O–H groups in total. The summed E-state index contributed by atoms with van der Waals surface area (Å²) in [6, 6.07) is 9.59. The summed E-state index contributed by atoms with van der Waals surface area (Å²) in [4.78, 5) is 18.3. The highest BCUT2D eigenvalue weighted by Crippen LogP contribution is 2.25. The van der Waals surface area contributed by atoms with Gasteiger partial charge in [-0.3, -0.25) is 4.79 Å². The molecule has 1 saturated heterocycles. The van der Waals surface area contributed by atoms with Crippen LogP contribution in [0.2, 0.25) is 0 Å². The number of rotatable bonds is 4. The second kappa shape index (κ2) is 7.29. The van der Waals surface area contributed by atoms with E-state index in [1.54, 1.807) is 18.2 Å². The number of carbonyl (C=O) groups excluding carboxylic acids is 1. The fourth-order valence-corrected chi connectivity index (χ4v) is 2.96. The number of hydrogen-bond acceptors (Lipinski definition) is 4. The van der Waals surface area contributed by atoms with Gasteiger partial charge in [-0.25, -0.2) is 9.37 Å². The molecule has 24 heavy (non-hydrogen) atoms. The summed E-state index contributed by atoms with van der Waals surface area (Å²) in [7, 11) is 0. The fraction of sp³-hybridized carbons (Fsp3) is 0.333. The van der Waals surface area contributed by atoms with E-state index in [4.69, 9.17) is 0 Å². The first-order chi connectivity index (χ1) is 11.6. The zero-order chi connectivity index (χ0) is 16.9. The third kappa shape index (κ3) is 4.22. The van der Waals surface area contributed by atoms with Gasteiger partial charge in [0, 0.05) is 25.2 Å². The van der Waals surface area contributed by atoms with Crippen LogP contribution in [0.3, 0.4) is 0 Å². The number of nitrogens with one attached hydrogen (secondary N) is 1. The Morgan fingerprint density at radius 2 is 1.92 bits per heavy atom. The van der Waals surface area contributed by atoms with Crippen molar-refractivity contribution < 1.29 is 14.3 Å². The summed E-state index contributed by atoms with van der Waals surface area (Å²) in [6.07, 6.45) is 3.61. The average molecular weight is 329 g/mol. The molecule has 0 saturated carbocycles. The van der Waals surface area contributed by atoms with Gasteiger partial charge < -0.3 is 15.3 Å². The zero-order valence-electron chi connectivity index (χ0n) is 13.3. The highest BCUT2D eigenvalue weighted by atomic mass is 19.1. The molecule has 1 amide bonds. The summed E-state index contributed by atoms with van der Waals surface area (Å²) in [6.45, 7) is 1.72. The quantitative estimate of drug-likeness (QED) is 0.904. The Balaban J connectivity index is 1.47. The maximum Gasteiger partial charge on any atom is 0.225 e. The number of nitrogens with zero attached hydrogens (tertiary/aromatic N) is 2. The molecule has 1 aromatic heterocycles. The molecule has 6 heteroatoms. The Morgan fingerprint density at radius 1 is 1.21 bits per heavy atom. The zero-order valence-corrected chi connectivity index (χ0v) is 13.3. The van der Waals surface area contributed by atoms with Crippen molar-refractivity contribution in [2.45, 2.75) is 19.3 Å². The topological polar surface area (TPSA) is 65.5 Å². The summed E-state index contributed by atoms with van der Waals surface area (Å²) >= 11 is 0. The number of aromatic nitrogens is 1. The van der Waals surface area contributed by atoms with Crippen LogP contribution in [-0.2, 0) is 4.79 Å². The summed E-state index contributed by atoms with van der Waals surface area (Å²) in [5.74, 6) is 0.558. The van der Waals surface area contributed by atoms with Crippen molar-refractivity contribution in [2.75, 3.05) is 23.3 Å². The maximum atomic E-state index is 13.0. The minimum absolute atomic E-state index is 0.0616. The molecule has 1 aliphatic heterocycles. The van der Waals surface area contributed by atoms with Crippen molar-refractivity contribution in [3.8, 4) is 5.75 Å².